The molecule has 0 unspecified atom stereocenters. The number of aromatic nitrogens is 4. The highest BCUT2D eigenvalue weighted by Crippen LogP contribution is 1.96. The first-order valence-electron chi connectivity index (χ1n) is 3.29. The van der Waals surface area contributed by atoms with Gasteiger partial charge in [0.2, 0.25) is 0 Å². The van der Waals surface area contributed by atoms with Crippen molar-refractivity contribution >= 4 is 6.09 Å². The van der Waals surface area contributed by atoms with E-state index in [1.807, 2.05) is 0 Å². The van der Waals surface area contributed by atoms with Crippen LogP contribution in [0, 0.1) is 0 Å². The topological polar surface area (TPSA) is 79.1 Å². The van der Waals surface area contributed by atoms with Gasteiger partial charge < -0.3 is 9.47 Å². The Kier molecular flexibility index (Phi) is 2.57. The number of methoxy groups -OCH3 is 1. The Labute approximate surface area is 68.3 Å². The Morgan fingerprint density at radius 1 is 1.67 bits per heavy atom. The summed E-state index contributed by atoms with van der Waals surface area (Å²) in [6, 6.07) is 0.0582. The Bertz CT molecular complexity index is 271. The fourth-order valence-corrected chi connectivity index (χ4v) is 0.547. The summed E-state index contributed by atoms with van der Waals surface area (Å²) in [6.07, 6.45) is -0.701. The molecule has 0 atom stereocenters. The van der Waals surface area contributed by atoms with E-state index in [-0.39, 0.29) is 6.01 Å². The van der Waals surface area contributed by atoms with Crippen molar-refractivity contribution in [1.82, 2.24) is 20.2 Å². The quantitative estimate of drug-likeness (QED) is 0.608. The minimum absolute atomic E-state index is 0.0582. The van der Waals surface area contributed by atoms with Crippen LogP contribution in [0.3, 0.4) is 0 Å². The van der Waals surface area contributed by atoms with Crippen LogP contribution in [0.1, 0.15) is 6.92 Å². The van der Waals surface area contributed by atoms with Crippen LogP contribution in [0.5, 0.6) is 6.01 Å². The van der Waals surface area contributed by atoms with Crippen molar-refractivity contribution in [3.8, 4) is 6.01 Å². The van der Waals surface area contributed by atoms with E-state index >= 15 is 0 Å². The molecule has 12 heavy (non-hydrogen) atoms. The third-order valence-electron chi connectivity index (χ3n) is 1.01. The molecule has 0 N–H and O–H groups in total. The van der Waals surface area contributed by atoms with E-state index in [2.05, 4.69) is 20.1 Å². The van der Waals surface area contributed by atoms with Crippen molar-refractivity contribution in [3.05, 3.63) is 0 Å². The van der Waals surface area contributed by atoms with Crippen LogP contribution >= 0.6 is 0 Å². The van der Waals surface area contributed by atoms with E-state index in [1.165, 1.54) is 7.11 Å². The van der Waals surface area contributed by atoms with Gasteiger partial charge in [0.15, 0.2) is 0 Å². The largest absolute Gasteiger partial charge is 0.462 e. The van der Waals surface area contributed by atoms with E-state index in [9.17, 15) is 4.79 Å². The maximum Gasteiger partial charge on any atom is 0.453 e. The average Bonchev–Trinajstić information content (AvgIpc) is 2.52. The Morgan fingerprint density at radius 3 is 3.00 bits per heavy atom. The molecule has 0 aliphatic heterocycles. The molecule has 0 saturated carbocycles. The smallest absolute Gasteiger partial charge is 0.453 e. The highest BCUT2D eigenvalue weighted by molar-refractivity contribution is 5.67. The predicted octanol–water partition coefficient (Wildman–Crippen LogP) is -0.314. The molecule has 0 fully saturated rings. The number of tetrazole rings is 1. The second-order valence-corrected chi connectivity index (χ2v) is 1.76. The molecule has 0 amide bonds. The number of carbonyl (C=O) groups excluding carboxylic acids is 1. The number of hydrogen-bond acceptors (Lipinski definition) is 6. The minimum atomic E-state index is -0.701. The molecule has 7 heteroatoms. The molecule has 0 aliphatic carbocycles. The Balaban J connectivity index is 2.70. The van der Waals surface area contributed by atoms with Crippen molar-refractivity contribution in [1.29, 1.82) is 0 Å². The Morgan fingerprint density at radius 2 is 2.42 bits per heavy atom. The highest BCUT2D eigenvalue weighted by Gasteiger charge is 2.09. The monoisotopic (exact) mass is 172 g/mol. The normalized spacial score (nSPS) is 9.50. The molecule has 1 heterocycles. The zero-order valence-corrected chi connectivity index (χ0v) is 6.72. The van der Waals surface area contributed by atoms with Gasteiger partial charge >= 0.3 is 12.1 Å². The molecular formula is C5H8N4O3. The van der Waals surface area contributed by atoms with Crippen molar-refractivity contribution < 1.29 is 14.3 Å². The summed E-state index contributed by atoms with van der Waals surface area (Å²) in [4.78, 5) is 11.5. The average molecular weight is 172 g/mol. The van der Waals surface area contributed by atoms with Gasteiger partial charge in [-0.15, -0.1) is 0 Å². The zero-order chi connectivity index (χ0) is 8.97. The lowest BCUT2D eigenvalue weighted by Crippen LogP contribution is -2.14. The molecule has 66 valence electrons. The van der Waals surface area contributed by atoms with E-state index in [0.717, 1.165) is 0 Å². The highest BCUT2D eigenvalue weighted by atomic mass is 16.5. The van der Waals surface area contributed by atoms with Gasteiger partial charge in [-0.05, 0) is 12.1 Å². The van der Waals surface area contributed by atoms with Crippen LogP contribution in [0.2, 0.25) is 0 Å². The molecule has 1 aromatic heterocycles. The van der Waals surface area contributed by atoms with Crippen LogP contribution < -0.4 is 4.74 Å². The van der Waals surface area contributed by atoms with Gasteiger partial charge in [0.05, 0.1) is 13.7 Å². The van der Waals surface area contributed by atoms with Crippen molar-refractivity contribution in [2.45, 2.75) is 6.92 Å². The number of carbonyl (C=O) groups is 1. The maximum absolute atomic E-state index is 10.8. The van der Waals surface area contributed by atoms with Gasteiger partial charge in [-0.25, -0.2) is 4.79 Å². The first-order valence-corrected chi connectivity index (χ1v) is 3.29. The number of hydrogen-bond donors (Lipinski definition) is 0. The van der Waals surface area contributed by atoms with Crippen LogP contribution in [0.25, 0.3) is 0 Å². The molecule has 0 bridgehead atoms. The fraction of sp³-hybridized carbons (Fsp3) is 0.600. The van der Waals surface area contributed by atoms with E-state index in [0.29, 0.717) is 11.4 Å². The molecule has 1 rings (SSSR count). The summed E-state index contributed by atoms with van der Waals surface area (Å²) < 4.78 is 9.20. The fourth-order valence-electron chi connectivity index (χ4n) is 0.547. The number of ether oxygens (including phenoxy) is 2. The van der Waals surface area contributed by atoms with Crippen LogP contribution in [-0.4, -0.2) is 40.0 Å². The predicted molar refractivity (Wildman–Crippen MR) is 36.8 cm³/mol. The number of nitrogens with zero attached hydrogens (tertiary/aromatic N) is 4. The van der Waals surface area contributed by atoms with Gasteiger partial charge in [-0.1, -0.05) is 15.0 Å². The van der Waals surface area contributed by atoms with Gasteiger partial charge in [0.25, 0.3) is 0 Å². The minimum Gasteiger partial charge on any atom is -0.462 e. The SMILES string of the molecule is CCOc1nnn(C(=O)OC)n1. The standard InChI is InChI=1S/C5H8N4O3/c1-3-12-4-6-8-9(7-4)5(10)11-2/h3H2,1-2H3. The molecule has 1 aromatic rings. The van der Waals surface area contributed by atoms with Gasteiger partial charge in [-0.3, -0.25) is 0 Å². The summed E-state index contributed by atoms with van der Waals surface area (Å²) >= 11 is 0. The lowest BCUT2D eigenvalue weighted by molar-refractivity contribution is 0.163. The molecule has 0 saturated heterocycles. The van der Waals surface area contributed by atoms with Crippen LogP contribution in [0.4, 0.5) is 4.79 Å². The molecule has 0 aromatic carbocycles. The van der Waals surface area contributed by atoms with Crippen molar-refractivity contribution in [2.24, 2.45) is 0 Å². The summed E-state index contributed by atoms with van der Waals surface area (Å²) in [5.41, 5.74) is 0. The third-order valence-corrected chi connectivity index (χ3v) is 1.01. The summed E-state index contributed by atoms with van der Waals surface area (Å²) in [7, 11) is 1.23. The van der Waals surface area contributed by atoms with Crippen LogP contribution in [-0.2, 0) is 4.74 Å². The van der Waals surface area contributed by atoms with Gasteiger partial charge in [0, 0.05) is 0 Å². The van der Waals surface area contributed by atoms with E-state index in [4.69, 9.17) is 4.74 Å². The molecule has 0 aliphatic rings. The second-order valence-electron chi connectivity index (χ2n) is 1.76. The lowest BCUT2D eigenvalue weighted by atomic mass is 10.9. The second kappa shape index (κ2) is 3.65. The zero-order valence-electron chi connectivity index (χ0n) is 6.72. The first-order chi connectivity index (χ1) is 5.77. The summed E-state index contributed by atoms with van der Waals surface area (Å²) in [5, 5.41) is 10.4. The van der Waals surface area contributed by atoms with E-state index in [1.54, 1.807) is 6.92 Å². The lowest BCUT2D eigenvalue weighted by Gasteiger charge is -1.92. The van der Waals surface area contributed by atoms with Crippen LogP contribution in [0.15, 0.2) is 0 Å². The third kappa shape index (κ3) is 1.68. The number of rotatable bonds is 2. The molecular weight excluding hydrogens is 164 g/mol. The van der Waals surface area contributed by atoms with Gasteiger partial charge in [-0.2, -0.15) is 0 Å². The van der Waals surface area contributed by atoms with Crippen molar-refractivity contribution in [2.75, 3.05) is 13.7 Å². The Hall–Kier alpha value is -1.66. The summed E-state index contributed by atoms with van der Waals surface area (Å²) in [5.74, 6) is 0. The molecule has 7 nitrogen and oxygen atoms in total. The molecule has 0 spiro atoms. The van der Waals surface area contributed by atoms with Crippen molar-refractivity contribution in [3.63, 3.8) is 0 Å². The van der Waals surface area contributed by atoms with Gasteiger partial charge in [0.1, 0.15) is 0 Å². The summed E-state index contributed by atoms with van der Waals surface area (Å²) in [6.45, 7) is 2.20. The maximum atomic E-state index is 10.8. The van der Waals surface area contributed by atoms with E-state index < -0.39 is 6.09 Å². The molecule has 0 radical (unpaired) electrons. The first kappa shape index (κ1) is 8.44.